The van der Waals surface area contributed by atoms with Crippen molar-refractivity contribution in [2.75, 3.05) is 7.11 Å². The van der Waals surface area contributed by atoms with E-state index in [-0.39, 0.29) is 29.3 Å². The predicted octanol–water partition coefficient (Wildman–Crippen LogP) is 2.39. The third-order valence-electron chi connectivity index (χ3n) is 5.04. The van der Waals surface area contributed by atoms with E-state index in [2.05, 4.69) is 5.32 Å². The second-order valence-corrected chi connectivity index (χ2v) is 6.23. The molecule has 2 amide bonds. The van der Waals surface area contributed by atoms with Crippen LogP contribution in [-0.4, -0.2) is 25.0 Å². The Morgan fingerprint density at radius 1 is 1.14 bits per heavy atom. The highest BCUT2D eigenvalue weighted by atomic mass is 16.5. The summed E-state index contributed by atoms with van der Waals surface area (Å²) in [5, 5.41) is 2.52. The van der Waals surface area contributed by atoms with Gasteiger partial charge in [-0.15, -0.1) is 0 Å². The van der Waals surface area contributed by atoms with E-state index in [4.69, 9.17) is 4.74 Å². The molecule has 1 aromatic rings. The lowest BCUT2D eigenvalue weighted by atomic mass is 9.59. The van der Waals surface area contributed by atoms with Gasteiger partial charge in [0.15, 0.2) is 0 Å². The zero-order valence-electron chi connectivity index (χ0n) is 12.3. The molecule has 0 radical (unpaired) electrons. The molecule has 1 aliphatic carbocycles. The van der Waals surface area contributed by atoms with E-state index in [1.54, 1.807) is 7.11 Å². The fourth-order valence-electron chi connectivity index (χ4n) is 3.97. The molecule has 1 aromatic carbocycles. The summed E-state index contributed by atoms with van der Waals surface area (Å²) in [6, 6.07) is 9.83. The molecule has 3 rings (SSSR count). The number of carbonyl (C=O) groups excluding carboxylic acids is 2. The molecule has 1 N–H and O–H groups in total. The molecule has 4 heteroatoms. The lowest BCUT2D eigenvalue weighted by Crippen LogP contribution is -2.52. The molecule has 2 aliphatic rings. The molecule has 1 atom stereocenters. The molecule has 0 aromatic heterocycles. The molecule has 1 saturated carbocycles. The maximum Gasteiger partial charge on any atom is 0.234 e. The molecule has 0 bridgehead atoms. The molecular weight excluding hydrogens is 266 g/mol. The first-order valence-corrected chi connectivity index (χ1v) is 7.56. The van der Waals surface area contributed by atoms with Crippen molar-refractivity contribution in [2.45, 2.75) is 44.1 Å². The number of nitrogens with one attached hydrogen (secondary N) is 1. The summed E-state index contributed by atoms with van der Waals surface area (Å²) in [5.41, 5.74) is 0.772. The summed E-state index contributed by atoms with van der Waals surface area (Å²) in [6.07, 6.45) is 4.26. The van der Waals surface area contributed by atoms with E-state index >= 15 is 0 Å². The maximum atomic E-state index is 12.5. The van der Waals surface area contributed by atoms with E-state index in [0.29, 0.717) is 6.42 Å². The summed E-state index contributed by atoms with van der Waals surface area (Å²) < 4.78 is 5.43. The van der Waals surface area contributed by atoms with E-state index in [9.17, 15) is 9.59 Å². The van der Waals surface area contributed by atoms with Gasteiger partial charge in [0, 0.05) is 13.5 Å². The monoisotopic (exact) mass is 287 g/mol. The van der Waals surface area contributed by atoms with Crippen LogP contribution < -0.4 is 5.32 Å². The summed E-state index contributed by atoms with van der Waals surface area (Å²) in [5.74, 6) is -0.509. The smallest absolute Gasteiger partial charge is 0.234 e. The molecule has 1 spiro atoms. The molecule has 2 fully saturated rings. The molecule has 1 aliphatic heterocycles. The van der Waals surface area contributed by atoms with Gasteiger partial charge in [0.25, 0.3) is 0 Å². The number of amides is 2. The number of hydrogen-bond donors (Lipinski definition) is 1. The van der Waals surface area contributed by atoms with E-state index < -0.39 is 0 Å². The highest BCUT2D eigenvalue weighted by molar-refractivity contribution is 6.02. The summed E-state index contributed by atoms with van der Waals surface area (Å²) in [7, 11) is 1.73. The SMILES string of the molecule is COC1CCC2(CC1)CC(=O)NC(=O)C2c1ccccc1. The van der Waals surface area contributed by atoms with Crippen molar-refractivity contribution in [3.8, 4) is 0 Å². The third kappa shape index (κ3) is 2.60. The Labute approximate surface area is 124 Å². The van der Waals surface area contributed by atoms with Gasteiger partial charge in [-0.05, 0) is 36.7 Å². The zero-order valence-corrected chi connectivity index (χ0v) is 12.3. The Balaban J connectivity index is 1.94. The number of piperidine rings is 1. The van der Waals surface area contributed by atoms with Gasteiger partial charge in [-0.3, -0.25) is 14.9 Å². The first-order valence-electron chi connectivity index (χ1n) is 7.56. The maximum absolute atomic E-state index is 12.5. The normalized spacial score (nSPS) is 33.0. The van der Waals surface area contributed by atoms with Gasteiger partial charge in [0.05, 0.1) is 12.0 Å². The lowest BCUT2D eigenvalue weighted by molar-refractivity contribution is -0.142. The highest BCUT2D eigenvalue weighted by Crippen LogP contribution is 2.51. The number of hydrogen-bond acceptors (Lipinski definition) is 3. The van der Waals surface area contributed by atoms with Crippen LogP contribution in [0.3, 0.4) is 0 Å². The Morgan fingerprint density at radius 3 is 2.43 bits per heavy atom. The van der Waals surface area contributed by atoms with Crippen molar-refractivity contribution in [2.24, 2.45) is 5.41 Å². The third-order valence-corrected chi connectivity index (χ3v) is 5.04. The van der Waals surface area contributed by atoms with Gasteiger partial charge in [-0.1, -0.05) is 30.3 Å². The van der Waals surface area contributed by atoms with Gasteiger partial charge in [0.1, 0.15) is 0 Å². The molecule has 112 valence electrons. The number of carbonyl (C=O) groups is 2. The van der Waals surface area contributed by atoms with Gasteiger partial charge >= 0.3 is 0 Å². The number of methoxy groups -OCH3 is 1. The number of benzene rings is 1. The second-order valence-electron chi connectivity index (χ2n) is 6.23. The minimum atomic E-state index is -0.240. The van der Waals surface area contributed by atoms with Crippen molar-refractivity contribution < 1.29 is 14.3 Å². The number of imide groups is 1. The molecule has 1 heterocycles. The molecule has 1 saturated heterocycles. The van der Waals surface area contributed by atoms with Crippen LogP contribution >= 0.6 is 0 Å². The van der Waals surface area contributed by atoms with Crippen LogP contribution in [-0.2, 0) is 14.3 Å². The van der Waals surface area contributed by atoms with Crippen LogP contribution in [0.15, 0.2) is 30.3 Å². The number of rotatable bonds is 2. The molecular formula is C17H21NO3. The average Bonchev–Trinajstić information content (AvgIpc) is 2.48. The van der Waals surface area contributed by atoms with Crippen LogP contribution in [0.2, 0.25) is 0 Å². The first kappa shape index (κ1) is 14.3. The zero-order chi connectivity index (χ0) is 14.9. The lowest BCUT2D eigenvalue weighted by Gasteiger charge is -2.46. The summed E-state index contributed by atoms with van der Waals surface area (Å²) in [6.45, 7) is 0. The predicted molar refractivity (Wildman–Crippen MR) is 78.6 cm³/mol. The van der Waals surface area contributed by atoms with Gasteiger partial charge < -0.3 is 4.74 Å². The van der Waals surface area contributed by atoms with Crippen molar-refractivity contribution in [1.29, 1.82) is 0 Å². The van der Waals surface area contributed by atoms with Crippen molar-refractivity contribution >= 4 is 11.8 Å². The van der Waals surface area contributed by atoms with Crippen LogP contribution in [0.4, 0.5) is 0 Å². The quantitative estimate of drug-likeness (QED) is 0.850. The van der Waals surface area contributed by atoms with Crippen LogP contribution in [0.5, 0.6) is 0 Å². The minimum Gasteiger partial charge on any atom is -0.381 e. The highest BCUT2D eigenvalue weighted by Gasteiger charge is 2.50. The van der Waals surface area contributed by atoms with E-state index in [1.807, 2.05) is 30.3 Å². The molecule has 1 unspecified atom stereocenters. The fourth-order valence-corrected chi connectivity index (χ4v) is 3.97. The van der Waals surface area contributed by atoms with Crippen molar-refractivity contribution in [1.82, 2.24) is 5.32 Å². The number of ether oxygens (including phenoxy) is 1. The average molecular weight is 287 g/mol. The van der Waals surface area contributed by atoms with Gasteiger partial charge in [-0.25, -0.2) is 0 Å². The van der Waals surface area contributed by atoms with E-state index in [1.165, 1.54) is 0 Å². The summed E-state index contributed by atoms with van der Waals surface area (Å²) >= 11 is 0. The van der Waals surface area contributed by atoms with Crippen LogP contribution in [0, 0.1) is 5.41 Å². The second kappa shape index (κ2) is 5.60. The Bertz CT molecular complexity index is 532. The Kier molecular flexibility index (Phi) is 3.81. The van der Waals surface area contributed by atoms with Crippen molar-refractivity contribution in [3.05, 3.63) is 35.9 Å². The Hall–Kier alpha value is -1.68. The minimum absolute atomic E-state index is 0.136. The first-order chi connectivity index (χ1) is 10.1. The standard InChI is InChI=1S/C17H21NO3/c1-21-13-7-9-17(10-8-13)11-14(19)18-16(20)15(17)12-5-3-2-4-6-12/h2-6,13,15H,7-11H2,1H3,(H,18,19,20). The molecule has 21 heavy (non-hydrogen) atoms. The molecule has 4 nitrogen and oxygen atoms in total. The Morgan fingerprint density at radius 2 is 1.81 bits per heavy atom. The van der Waals surface area contributed by atoms with Gasteiger partial charge in [-0.2, -0.15) is 0 Å². The van der Waals surface area contributed by atoms with Gasteiger partial charge in [0.2, 0.25) is 11.8 Å². The summed E-state index contributed by atoms with van der Waals surface area (Å²) in [4.78, 5) is 24.4. The van der Waals surface area contributed by atoms with Crippen LogP contribution in [0.1, 0.15) is 43.6 Å². The van der Waals surface area contributed by atoms with Crippen molar-refractivity contribution in [3.63, 3.8) is 0 Å². The topological polar surface area (TPSA) is 55.4 Å². The largest absolute Gasteiger partial charge is 0.381 e. The van der Waals surface area contributed by atoms with E-state index in [0.717, 1.165) is 31.2 Å². The van der Waals surface area contributed by atoms with Crippen LogP contribution in [0.25, 0.3) is 0 Å². The fraction of sp³-hybridized carbons (Fsp3) is 0.529.